The summed E-state index contributed by atoms with van der Waals surface area (Å²) in [5, 5.41) is 12.0. The summed E-state index contributed by atoms with van der Waals surface area (Å²) in [4.78, 5) is 35.5. The predicted molar refractivity (Wildman–Crippen MR) is 77.5 cm³/mol. The summed E-state index contributed by atoms with van der Waals surface area (Å²) in [5.74, 6) is -3.38. The highest BCUT2D eigenvalue weighted by atomic mass is 16.5. The standard InChI is InChI=1S/C16H15NO5/c1-8(18)9-4-2-3-5-10(9)17-15(19)13-11-6-7-12(22-11)14(13)16(20)21/h2-7,11-14H,1H3,(H,17,19)(H,20,21)/t11-,12+,13+,14-/m0/s1. The van der Waals surface area contributed by atoms with Crippen LogP contribution in [0.5, 0.6) is 0 Å². The van der Waals surface area contributed by atoms with Gasteiger partial charge in [-0.2, -0.15) is 0 Å². The van der Waals surface area contributed by atoms with E-state index in [1.54, 1.807) is 36.4 Å². The Hall–Kier alpha value is -2.47. The molecule has 114 valence electrons. The maximum absolute atomic E-state index is 12.5. The van der Waals surface area contributed by atoms with Crippen LogP contribution in [0.1, 0.15) is 17.3 Å². The molecule has 2 heterocycles. The minimum atomic E-state index is -1.06. The van der Waals surface area contributed by atoms with Gasteiger partial charge in [0, 0.05) is 5.56 Å². The highest BCUT2D eigenvalue weighted by Crippen LogP contribution is 2.40. The first-order chi connectivity index (χ1) is 10.5. The molecule has 2 aliphatic heterocycles. The van der Waals surface area contributed by atoms with E-state index >= 15 is 0 Å². The molecule has 4 atom stereocenters. The SMILES string of the molecule is CC(=O)c1ccccc1NC(=O)[C@H]1[C@@H](C(=O)O)[C@H]2C=C[C@@H]1O2. The van der Waals surface area contributed by atoms with Crippen LogP contribution in [0.25, 0.3) is 0 Å². The topological polar surface area (TPSA) is 92.7 Å². The average molecular weight is 301 g/mol. The number of carboxylic acid groups (broad SMARTS) is 1. The molecule has 2 N–H and O–H groups in total. The first-order valence-electron chi connectivity index (χ1n) is 6.96. The lowest BCUT2D eigenvalue weighted by Crippen LogP contribution is -2.39. The van der Waals surface area contributed by atoms with Gasteiger partial charge in [-0.1, -0.05) is 24.3 Å². The Balaban J connectivity index is 1.85. The number of carbonyl (C=O) groups excluding carboxylic acids is 2. The lowest BCUT2D eigenvalue weighted by Gasteiger charge is -2.21. The van der Waals surface area contributed by atoms with E-state index in [4.69, 9.17) is 4.74 Å². The fourth-order valence-electron chi connectivity index (χ4n) is 3.03. The van der Waals surface area contributed by atoms with Crippen molar-refractivity contribution in [3.8, 4) is 0 Å². The number of benzene rings is 1. The smallest absolute Gasteiger partial charge is 0.310 e. The largest absolute Gasteiger partial charge is 0.481 e. The van der Waals surface area contributed by atoms with Crippen molar-refractivity contribution in [3.05, 3.63) is 42.0 Å². The van der Waals surface area contributed by atoms with E-state index in [2.05, 4.69) is 5.32 Å². The average Bonchev–Trinajstić information content (AvgIpc) is 3.08. The molecule has 3 rings (SSSR count). The lowest BCUT2D eigenvalue weighted by atomic mass is 9.82. The van der Waals surface area contributed by atoms with Crippen LogP contribution in [0.15, 0.2) is 36.4 Å². The van der Waals surface area contributed by atoms with Crippen molar-refractivity contribution < 1.29 is 24.2 Å². The zero-order chi connectivity index (χ0) is 15.9. The summed E-state index contributed by atoms with van der Waals surface area (Å²) in [6, 6.07) is 6.64. The lowest BCUT2D eigenvalue weighted by molar-refractivity contribution is -0.145. The Morgan fingerprint density at radius 1 is 1.09 bits per heavy atom. The van der Waals surface area contributed by atoms with E-state index < -0.39 is 35.9 Å². The number of nitrogens with one attached hydrogen (secondary N) is 1. The normalized spacial score (nSPS) is 28.6. The molecule has 1 saturated heterocycles. The van der Waals surface area contributed by atoms with Crippen molar-refractivity contribution in [3.63, 3.8) is 0 Å². The van der Waals surface area contributed by atoms with E-state index in [0.29, 0.717) is 11.3 Å². The molecule has 0 aliphatic carbocycles. The van der Waals surface area contributed by atoms with Gasteiger partial charge in [0.1, 0.15) is 5.92 Å². The van der Waals surface area contributed by atoms with Crippen LogP contribution in [0.2, 0.25) is 0 Å². The maximum atomic E-state index is 12.5. The van der Waals surface area contributed by atoms with Crippen molar-refractivity contribution in [1.29, 1.82) is 0 Å². The first kappa shape index (κ1) is 14.5. The number of amides is 1. The van der Waals surface area contributed by atoms with Crippen molar-refractivity contribution in [2.75, 3.05) is 5.32 Å². The van der Waals surface area contributed by atoms with Gasteiger partial charge in [-0.25, -0.2) is 0 Å². The monoisotopic (exact) mass is 301 g/mol. The number of para-hydroxylation sites is 1. The molecule has 6 heteroatoms. The molecule has 1 fully saturated rings. The van der Waals surface area contributed by atoms with Crippen molar-refractivity contribution >= 4 is 23.3 Å². The molecule has 0 saturated carbocycles. The highest BCUT2D eigenvalue weighted by Gasteiger charge is 2.53. The van der Waals surface area contributed by atoms with Crippen LogP contribution < -0.4 is 5.32 Å². The Kier molecular flexibility index (Phi) is 3.54. The van der Waals surface area contributed by atoms with E-state index in [1.807, 2.05) is 0 Å². The number of ketones is 1. The number of rotatable bonds is 4. The molecule has 1 aromatic rings. The number of Topliss-reactive ketones (excluding diaryl/α,β-unsaturated/α-hetero) is 1. The molecular formula is C16H15NO5. The van der Waals surface area contributed by atoms with Gasteiger partial charge in [0.15, 0.2) is 5.78 Å². The fraction of sp³-hybridized carbons (Fsp3) is 0.312. The minimum absolute atomic E-state index is 0.172. The van der Waals surface area contributed by atoms with Gasteiger partial charge in [-0.05, 0) is 19.1 Å². The Morgan fingerprint density at radius 3 is 2.36 bits per heavy atom. The van der Waals surface area contributed by atoms with Gasteiger partial charge < -0.3 is 15.2 Å². The summed E-state index contributed by atoms with van der Waals surface area (Å²) in [6.45, 7) is 1.41. The van der Waals surface area contributed by atoms with E-state index in [0.717, 1.165) is 0 Å². The quantitative estimate of drug-likeness (QED) is 0.649. The molecule has 1 amide bonds. The van der Waals surface area contributed by atoms with Crippen LogP contribution in [-0.2, 0) is 14.3 Å². The van der Waals surface area contributed by atoms with E-state index in [9.17, 15) is 19.5 Å². The van der Waals surface area contributed by atoms with Crippen LogP contribution in [0.4, 0.5) is 5.69 Å². The summed E-state index contributed by atoms with van der Waals surface area (Å²) >= 11 is 0. The minimum Gasteiger partial charge on any atom is -0.481 e. The van der Waals surface area contributed by atoms with Crippen molar-refractivity contribution in [1.82, 2.24) is 0 Å². The zero-order valence-corrected chi connectivity index (χ0v) is 11.9. The summed E-state index contributed by atoms with van der Waals surface area (Å²) in [5.41, 5.74) is 0.776. The van der Waals surface area contributed by atoms with Crippen LogP contribution >= 0.6 is 0 Å². The van der Waals surface area contributed by atoms with E-state index in [1.165, 1.54) is 6.92 Å². The molecule has 22 heavy (non-hydrogen) atoms. The highest BCUT2D eigenvalue weighted by molar-refractivity contribution is 6.05. The number of aliphatic carboxylic acids is 1. The van der Waals surface area contributed by atoms with Crippen molar-refractivity contribution in [2.24, 2.45) is 11.8 Å². The molecule has 0 radical (unpaired) electrons. The number of carboxylic acids is 1. The van der Waals surface area contributed by atoms with Gasteiger partial charge in [-0.15, -0.1) is 0 Å². The Morgan fingerprint density at radius 2 is 1.73 bits per heavy atom. The molecule has 0 unspecified atom stereocenters. The summed E-state index contributed by atoms with van der Waals surface area (Å²) < 4.78 is 5.48. The van der Waals surface area contributed by atoms with Gasteiger partial charge in [0.05, 0.1) is 23.8 Å². The van der Waals surface area contributed by atoms with Crippen LogP contribution in [0, 0.1) is 11.8 Å². The number of carbonyl (C=O) groups is 3. The molecule has 2 bridgehead atoms. The van der Waals surface area contributed by atoms with E-state index in [-0.39, 0.29) is 5.78 Å². The third-order valence-electron chi connectivity index (χ3n) is 4.05. The molecule has 1 aromatic carbocycles. The zero-order valence-electron chi connectivity index (χ0n) is 11.9. The summed E-state index contributed by atoms with van der Waals surface area (Å²) in [7, 11) is 0. The molecule has 0 aromatic heterocycles. The third kappa shape index (κ3) is 2.31. The molecule has 6 nitrogen and oxygen atoms in total. The number of ether oxygens (including phenoxy) is 1. The second-order valence-corrected chi connectivity index (χ2v) is 5.43. The summed E-state index contributed by atoms with van der Waals surface area (Å²) in [6.07, 6.45) is 2.29. The van der Waals surface area contributed by atoms with Gasteiger partial charge in [0.25, 0.3) is 0 Å². The number of hydrogen-bond donors (Lipinski definition) is 2. The van der Waals surface area contributed by atoms with Crippen molar-refractivity contribution in [2.45, 2.75) is 19.1 Å². The maximum Gasteiger partial charge on any atom is 0.310 e. The van der Waals surface area contributed by atoms with Crippen LogP contribution in [-0.4, -0.2) is 35.0 Å². The first-order valence-corrected chi connectivity index (χ1v) is 6.96. The number of fused-ring (bicyclic) bond motifs is 2. The molecular weight excluding hydrogens is 286 g/mol. The Labute approximate surface area is 126 Å². The Bertz CT molecular complexity index is 681. The van der Waals surface area contributed by atoms with Gasteiger partial charge in [-0.3, -0.25) is 14.4 Å². The fourth-order valence-corrected chi connectivity index (χ4v) is 3.03. The van der Waals surface area contributed by atoms with Gasteiger partial charge >= 0.3 is 5.97 Å². The van der Waals surface area contributed by atoms with Gasteiger partial charge in [0.2, 0.25) is 5.91 Å². The number of hydrogen-bond acceptors (Lipinski definition) is 4. The second kappa shape index (κ2) is 5.38. The number of anilines is 1. The third-order valence-corrected chi connectivity index (χ3v) is 4.05. The van der Waals surface area contributed by atoms with Crippen LogP contribution in [0.3, 0.4) is 0 Å². The predicted octanol–water partition coefficient (Wildman–Crippen LogP) is 1.48. The second-order valence-electron chi connectivity index (χ2n) is 5.43. The molecule has 2 aliphatic rings. The molecule has 0 spiro atoms.